The molecule has 9 aromatic carbocycles. The molecule has 0 bridgehead atoms. The number of nitrogens with zero attached hydrogens (tertiary/aromatic N) is 1. The van der Waals surface area contributed by atoms with Crippen LogP contribution in [0.5, 0.6) is 11.5 Å². The molecule has 0 amide bonds. The number of ether oxygens (including phenoxy) is 1. The van der Waals surface area contributed by atoms with Gasteiger partial charge in [0.15, 0.2) is 0 Å². The van der Waals surface area contributed by atoms with Crippen molar-refractivity contribution >= 4 is 27.8 Å². The summed E-state index contributed by atoms with van der Waals surface area (Å²) in [6.07, 6.45) is 0. The molecule has 54 heavy (non-hydrogen) atoms. The van der Waals surface area contributed by atoms with E-state index in [0.717, 1.165) is 56.4 Å². The number of hydrogen-bond donors (Lipinski definition) is 0. The Morgan fingerprint density at radius 2 is 0.759 bits per heavy atom. The minimum Gasteiger partial charge on any atom is -0.456 e. The van der Waals surface area contributed by atoms with Crippen LogP contribution in [0.3, 0.4) is 0 Å². The van der Waals surface area contributed by atoms with Gasteiger partial charge in [0.2, 0.25) is 0 Å². The highest BCUT2D eigenvalue weighted by atomic mass is 16.5. The molecule has 0 saturated heterocycles. The van der Waals surface area contributed by atoms with E-state index in [1.165, 1.54) is 38.6 Å². The first-order chi connectivity index (χ1) is 26.7. The Labute approximate surface area is 315 Å². The Hall–Kier alpha value is -7.16. The molecule has 0 aliphatic carbocycles. The lowest BCUT2D eigenvalue weighted by Gasteiger charge is -2.27. The van der Waals surface area contributed by atoms with E-state index in [4.69, 9.17) is 4.74 Å². The molecule has 0 N–H and O–H groups in total. The van der Waals surface area contributed by atoms with Crippen LogP contribution in [0.15, 0.2) is 212 Å². The van der Waals surface area contributed by atoms with Gasteiger partial charge >= 0.3 is 0 Å². The first-order valence-corrected chi connectivity index (χ1v) is 18.4. The van der Waals surface area contributed by atoms with Crippen molar-refractivity contribution in [3.8, 4) is 67.1 Å². The van der Waals surface area contributed by atoms with Crippen LogP contribution < -0.4 is 9.64 Å². The van der Waals surface area contributed by atoms with E-state index in [-0.39, 0.29) is 0 Å². The summed E-state index contributed by atoms with van der Waals surface area (Å²) in [5, 5.41) is 2.41. The van der Waals surface area contributed by atoms with Crippen molar-refractivity contribution < 1.29 is 4.74 Å². The number of hydrogen-bond acceptors (Lipinski definition) is 2. The van der Waals surface area contributed by atoms with E-state index in [1.54, 1.807) is 0 Å². The van der Waals surface area contributed by atoms with Crippen LogP contribution >= 0.6 is 0 Å². The lowest BCUT2D eigenvalue weighted by atomic mass is 9.90. The lowest BCUT2D eigenvalue weighted by Crippen LogP contribution is -2.10. The third-order valence-electron chi connectivity index (χ3n) is 10.5. The summed E-state index contributed by atoms with van der Waals surface area (Å²) in [4.78, 5) is 2.35. The molecular weight excluding hydrogens is 655 g/mol. The fraction of sp³-hybridized carbons (Fsp3) is 0. The first-order valence-electron chi connectivity index (χ1n) is 18.4. The van der Waals surface area contributed by atoms with Crippen LogP contribution in [-0.2, 0) is 0 Å². The maximum atomic E-state index is 6.75. The number of para-hydroxylation sites is 1. The van der Waals surface area contributed by atoms with Crippen LogP contribution in [0.4, 0.5) is 17.1 Å². The second-order valence-corrected chi connectivity index (χ2v) is 13.8. The third kappa shape index (κ3) is 5.81. The zero-order valence-electron chi connectivity index (χ0n) is 29.6. The van der Waals surface area contributed by atoms with Crippen molar-refractivity contribution in [3.63, 3.8) is 0 Å². The van der Waals surface area contributed by atoms with E-state index in [2.05, 4.69) is 211 Å². The minimum atomic E-state index is 0.833. The summed E-state index contributed by atoms with van der Waals surface area (Å²) in [5.74, 6) is 1.69. The third-order valence-corrected chi connectivity index (χ3v) is 10.5. The number of fused-ring (bicyclic) bond motifs is 6. The van der Waals surface area contributed by atoms with Gasteiger partial charge in [-0.1, -0.05) is 158 Å². The Bertz CT molecular complexity index is 2770. The summed E-state index contributed by atoms with van der Waals surface area (Å²) < 4.78 is 6.75. The van der Waals surface area contributed by atoms with Gasteiger partial charge < -0.3 is 9.64 Å². The van der Waals surface area contributed by atoms with E-state index in [9.17, 15) is 0 Å². The van der Waals surface area contributed by atoms with Gasteiger partial charge in [-0.3, -0.25) is 0 Å². The van der Waals surface area contributed by atoms with Crippen molar-refractivity contribution in [3.05, 3.63) is 212 Å². The molecular formula is C52H35NO. The molecule has 10 rings (SSSR count). The van der Waals surface area contributed by atoms with Crippen LogP contribution in [0, 0.1) is 0 Å². The van der Waals surface area contributed by atoms with E-state index < -0.39 is 0 Å². The molecule has 0 unspecified atom stereocenters. The molecule has 9 aromatic rings. The highest BCUT2D eigenvalue weighted by Crippen LogP contribution is 2.50. The predicted octanol–water partition coefficient (Wildman–Crippen LogP) is 14.8. The smallest absolute Gasteiger partial charge is 0.135 e. The molecule has 1 heterocycles. The van der Waals surface area contributed by atoms with Gasteiger partial charge in [-0.25, -0.2) is 0 Å². The van der Waals surface area contributed by atoms with Crippen molar-refractivity contribution in [2.75, 3.05) is 4.90 Å². The molecule has 0 aromatic heterocycles. The molecule has 0 spiro atoms. The minimum absolute atomic E-state index is 0.833. The number of benzene rings is 9. The van der Waals surface area contributed by atoms with Gasteiger partial charge in [0.05, 0.1) is 0 Å². The van der Waals surface area contributed by atoms with Crippen LogP contribution in [-0.4, -0.2) is 0 Å². The second-order valence-electron chi connectivity index (χ2n) is 13.8. The Kier molecular flexibility index (Phi) is 7.85. The standard InChI is InChI=1S/C52H35NO/c1-3-11-36(12-4-1)39-19-21-41(22-20-39)43-26-31-47-48-17-9-10-18-51(48)54-52-32-30-46(35-50(52)49(47)34-43)53(45-29-25-38-15-7-8-16-42(38)33-45)44-27-23-40(24-28-44)37-13-5-2-6-14-37/h1-35H. The lowest BCUT2D eigenvalue weighted by molar-refractivity contribution is 0.488. The summed E-state index contributed by atoms with van der Waals surface area (Å²) in [6.45, 7) is 0. The normalized spacial score (nSPS) is 11.5. The molecule has 1 aliphatic rings. The maximum absolute atomic E-state index is 6.75. The summed E-state index contributed by atoms with van der Waals surface area (Å²) in [7, 11) is 0. The molecule has 0 radical (unpaired) electrons. The average molecular weight is 690 g/mol. The van der Waals surface area contributed by atoms with Crippen molar-refractivity contribution in [1.82, 2.24) is 0 Å². The maximum Gasteiger partial charge on any atom is 0.135 e. The Morgan fingerprint density at radius 3 is 1.48 bits per heavy atom. The van der Waals surface area contributed by atoms with Crippen molar-refractivity contribution in [2.24, 2.45) is 0 Å². The SMILES string of the molecule is c1ccc(-c2ccc(-c3ccc4c(c3)-c3cc(N(c5ccc(-c6ccccc6)cc5)c5ccc6ccccc6c5)ccc3Oc3ccccc3-4)cc2)cc1. The zero-order chi connectivity index (χ0) is 35.8. The van der Waals surface area contributed by atoms with E-state index in [0.29, 0.717) is 0 Å². The van der Waals surface area contributed by atoms with Gasteiger partial charge in [0.1, 0.15) is 11.5 Å². The Morgan fingerprint density at radius 1 is 0.259 bits per heavy atom. The predicted molar refractivity (Wildman–Crippen MR) is 226 cm³/mol. The molecule has 0 atom stereocenters. The number of anilines is 3. The summed E-state index contributed by atoms with van der Waals surface area (Å²) in [5.41, 5.74) is 14.8. The zero-order valence-corrected chi connectivity index (χ0v) is 29.6. The topological polar surface area (TPSA) is 12.5 Å². The molecule has 254 valence electrons. The van der Waals surface area contributed by atoms with Gasteiger partial charge in [0.25, 0.3) is 0 Å². The highest BCUT2D eigenvalue weighted by molar-refractivity contribution is 5.96. The molecule has 0 fully saturated rings. The van der Waals surface area contributed by atoms with Gasteiger partial charge in [-0.15, -0.1) is 0 Å². The first kappa shape index (κ1) is 31.6. The summed E-state index contributed by atoms with van der Waals surface area (Å²) >= 11 is 0. The van der Waals surface area contributed by atoms with Gasteiger partial charge in [0, 0.05) is 28.2 Å². The van der Waals surface area contributed by atoms with Crippen molar-refractivity contribution in [2.45, 2.75) is 0 Å². The van der Waals surface area contributed by atoms with Crippen LogP contribution in [0.1, 0.15) is 0 Å². The van der Waals surface area contributed by atoms with E-state index >= 15 is 0 Å². The van der Waals surface area contributed by atoms with Crippen molar-refractivity contribution in [1.29, 1.82) is 0 Å². The van der Waals surface area contributed by atoms with Crippen LogP contribution in [0.25, 0.3) is 66.4 Å². The monoisotopic (exact) mass is 689 g/mol. The van der Waals surface area contributed by atoms with E-state index in [1.807, 2.05) is 6.07 Å². The number of rotatable bonds is 6. The van der Waals surface area contributed by atoms with Crippen LogP contribution in [0.2, 0.25) is 0 Å². The van der Waals surface area contributed by atoms with Gasteiger partial charge in [-0.2, -0.15) is 0 Å². The molecule has 0 saturated carbocycles. The second kappa shape index (κ2) is 13.4. The molecule has 1 aliphatic heterocycles. The Balaban J connectivity index is 1.13. The highest BCUT2D eigenvalue weighted by Gasteiger charge is 2.24. The fourth-order valence-electron chi connectivity index (χ4n) is 7.72. The fourth-order valence-corrected chi connectivity index (χ4v) is 7.72. The quantitative estimate of drug-likeness (QED) is 0.172. The molecule has 2 heteroatoms. The summed E-state index contributed by atoms with van der Waals surface area (Å²) in [6, 6.07) is 75.9. The largest absolute Gasteiger partial charge is 0.456 e. The average Bonchev–Trinajstić information content (AvgIpc) is 3.39. The molecule has 2 nitrogen and oxygen atoms in total. The van der Waals surface area contributed by atoms with Gasteiger partial charge in [-0.05, 0) is 110 Å².